The minimum atomic E-state index is -4.23. The summed E-state index contributed by atoms with van der Waals surface area (Å²) in [5.74, 6) is -1.02. The van der Waals surface area contributed by atoms with Crippen molar-refractivity contribution in [3.63, 3.8) is 0 Å². The number of nitro groups is 1. The molecular formula is C21H18N2O6S. The van der Waals surface area contributed by atoms with Crippen LogP contribution in [0.15, 0.2) is 83.8 Å². The lowest BCUT2D eigenvalue weighted by atomic mass is 10.2. The summed E-state index contributed by atoms with van der Waals surface area (Å²) in [5.41, 5.74) is 0.707. The number of carbonyl (C=O) groups is 1. The van der Waals surface area contributed by atoms with Crippen molar-refractivity contribution in [1.29, 1.82) is 0 Å². The van der Waals surface area contributed by atoms with E-state index in [4.69, 9.17) is 4.74 Å². The van der Waals surface area contributed by atoms with Crippen LogP contribution in [0, 0.1) is 17.0 Å². The van der Waals surface area contributed by atoms with Crippen LogP contribution in [0.25, 0.3) is 0 Å². The second-order valence-corrected chi connectivity index (χ2v) is 8.11. The van der Waals surface area contributed by atoms with Crippen molar-refractivity contribution < 1.29 is 22.9 Å². The maximum absolute atomic E-state index is 13.2. The number of sulfonamides is 1. The second-order valence-electron chi connectivity index (χ2n) is 6.33. The van der Waals surface area contributed by atoms with Crippen LogP contribution in [0.5, 0.6) is 5.75 Å². The quantitative estimate of drug-likeness (QED) is 0.421. The minimum Gasteiger partial charge on any atom is -0.477 e. The predicted molar refractivity (Wildman–Crippen MR) is 111 cm³/mol. The van der Waals surface area contributed by atoms with Gasteiger partial charge >= 0.3 is 5.69 Å². The Bertz CT molecular complexity index is 1160. The molecule has 1 amide bonds. The lowest BCUT2D eigenvalue weighted by Crippen LogP contribution is -2.40. The van der Waals surface area contributed by atoms with E-state index in [1.165, 1.54) is 48.5 Å². The third kappa shape index (κ3) is 4.47. The molecular weight excluding hydrogens is 408 g/mol. The van der Waals surface area contributed by atoms with E-state index < -0.39 is 27.5 Å². The Morgan fingerprint density at radius 1 is 0.967 bits per heavy atom. The molecule has 3 aromatic rings. The average Bonchev–Trinajstić information content (AvgIpc) is 2.74. The fourth-order valence-electron chi connectivity index (χ4n) is 2.72. The third-order valence-electron chi connectivity index (χ3n) is 4.19. The van der Waals surface area contributed by atoms with Crippen LogP contribution < -0.4 is 9.04 Å². The van der Waals surface area contributed by atoms with Crippen molar-refractivity contribution in [2.75, 3.05) is 10.9 Å². The first-order valence-electron chi connectivity index (χ1n) is 8.87. The SMILES string of the molecule is Cc1ccc(N(C(=O)COc2ccccc2[N+](=O)[O-])S(=O)(=O)c2ccccc2)cc1. The number of nitrogens with zero attached hydrogens (tertiary/aromatic N) is 2. The molecule has 0 aliphatic carbocycles. The summed E-state index contributed by atoms with van der Waals surface area (Å²) in [6.45, 7) is 1.13. The predicted octanol–water partition coefficient (Wildman–Crippen LogP) is 3.70. The van der Waals surface area contributed by atoms with Gasteiger partial charge in [-0.05, 0) is 37.3 Å². The Kier molecular flexibility index (Phi) is 6.12. The topological polar surface area (TPSA) is 107 Å². The number of hydrogen-bond acceptors (Lipinski definition) is 6. The van der Waals surface area contributed by atoms with Gasteiger partial charge in [-0.25, -0.2) is 8.42 Å². The van der Waals surface area contributed by atoms with Gasteiger partial charge < -0.3 is 4.74 Å². The van der Waals surface area contributed by atoms with E-state index in [1.807, 2.05) is 6.92 Å². The standard InChI is InChI=1S/C21H18N2O6S/c1-16-11-13-17(14-12-16)22(30(27,28)18-7-3-2-4-8-18)21(24)15-29-20-10-6-5-9-19(20)23(25)26/h2-14H,15H2,1H3. The fraction of sp³-hybridized carbons (Fsp3) is 0.0952. The van der Waals surface area contributed by atoms with Gasteiger partial charge in [-0.1, -0.05) is 48.0 Å². The normalized spacial score (nSPS) is 11.0. The minimum absolute atomic E-state index is 0.0652. The summed E-state index contributed by atoms with van der Waals surface area (Å²) in [4.78, 5) is 23.4. The van der Waals surface area contributed by atoms with Gasteiger partial charge in [0.05, 0.1) is 15.5 Å². The molecule has 0 bridgehead atoms. The zero-order valence-corrected chi connectivity index (χ0v) is 16.8. The molecule has 0 aliphatic heterocycles. The van der Waals surface area contributed by atoms with Crippen molar-refractivity contribution in [1.82, 2.24) is 0 Å². The van der Waals surface area contributed by atoms with Crippen LogP contribution in [0.4, 0.5) is 11.4 Å². The Morgan fingerprint density at radius 2 is 1.57 bits per heavy atom. The maximum atomic E-state index is 13.2. The van der Waals surface area contributed by atoms with Gasteiger partial charge in [0, 0.05) is 6.07 Å². The largest absolute Gasteiger partial charge is 0.477 e. The number of anilines is 1. The summed E-state index contributed by atoms with van der Waals surface area (Å²) < 4.78 is 32.3. The van der Waals surface area contributed by atoms with Gasteiger partial charge in [0.15, 0.2) is 12.4 Å². The molecule has 30 heavy (non-hydrogen) atoms. The molecule has 0 saturated carbocycles. The number of rotatable bonds is 7. The highest BCUT2D eigenvalue weighted by Crippen LogP contribution is 2.27. The van der Waals surface area contributed by atoms with Crippen molar-refractivity contribution in [2.24, 2.45) is 0 Å². The summed E-state index contributed by atoms with van der Waals surface area (Å²) in [6.07, 6.45) is 0. The molecule has 0 fully saturated rings. The van der Waals surface area contributed by atoms with Gasteiger partial charge in [0.1, 0.15) is 0 Å². The third-order valence-corrected chi connectivity index (χ3v) is 5.95. The number of nitro benzene ring substituents is 1. The van der Waals surface area contributed by atoms with Crippen molar-refractivity contribution in [3.8, 4) is 5.75 Å². The van der Waals surface area contributed by atoms with Crippen LogP contribution in [0.2, 0.25) is 0 Å². The highest BCUT2D eigenvalue weighted by molar-refractivity contribution is 7.93. The summed E-state index contributed by atoms with van der Waals surface area (Å²) >= 11 is 0. The molecule has 0 aromatic heterocycles. The molecule has 0 spiro atoms. The van der Waals surface area contributed by atoms with Gasteiger partial charge in [-0.3, -0.25) is 14.9 Å². The van der Waals surface area contributed by atoms with E-state index in [2.05, 4.69) is 0 Å². The molecule has 0 unspecified atom stereocenters. The molecule has 154 valence electrons. The second kappa shape index (κ2) is 8.75. The number of ether oxygens (including phenoxy) is 1. The average molecular weight is 426 g/mol. The molecule has 8 nitrogen and oxygen atoms in total. The molecule has 0 saturated heterocycles. The molecule has 0 atom stereocenters. The molecule has 0 aliphatic rings. The van der Waals surface area contributed by atoms with Gasteiger partial charge in [0.25, 0.3) is 15.9 Å². The van der Waals surface area contributed by atoms with Crippen molar-refractivity contribution in [3.05, 3.63) is 94.5 Å². The molecule has 9 heteroatoms. The Hall–Kier alpha value is -3.72. The highest BCUT2D eigenvalue weighted by atomic mass is 32.2. The zero-order valence-electron chi connectivity index (χ0n) is 16.0. The van der Waals surface area contributed by atoms with Crippen molar-refractivity contribution in [2.45, 2.75) is 11.8 Å². The molecule has 0 radical (unpaired) electrons. The van der Waals surface area contributed by atoms with E-state index in [9.17, 15) is 23.3 Å². The first-order chi connectivity index (χ1) is 14.3. The summed E-state index contributed by atoms with van der Waals surface area (Å²) in [7, 11) is -4.23. The van der Waals surface area contributed by atoms with Gasteiger partial charge in [0.2, 0.25) is 0 Å². The summed E-state index contributed by atoms with van der Waals surface area (Å²) in [6, 6.07) is 19.5. The van der Waals surface area contributed by atoms with E-state index in [1.54, 1.807) is 30.3 Å². The van der Waals surface area contributed by atoms with E-state index >= 15 is 0 Å². The molecule has 0 N–H and O–H groups in total. The number of para-hydroxylation sites is 2. The zero-order chi connectivity index (χ0) is 21.7. The van der Waals surface area contributed by atoms with Gasteiger partial charge in [-0.2, -0.15) is 4.31 Å². The van der Waals surface area contributed by atoms with Crippen LogP contribution in [-0.4, -0.2) is 25.9 Å². The van der Waals surface area contributed by atoms with Gasteiger partial charge in [-0.15, -0.1) is 0 Å². The molecule has 3 aromatic carbocycles. The monoisotopic (exact) mass is 426 g/mol. The number of carbonyl (C=O) groups excluding carboxylic acids is 1. The van der Waals surface area contributed by atoms with Crippen LogP contribution in [-0.2, 0) is 14.8 Å². The Balaban J connectivity index is 1.96. The van der Waals surface area contributed by atoms with E-state index in [0.29, 0.717) is 4.31 Å². The van der Waals surface area contributed by atoms with Crippen LogP contribution >= 0.6 is 0 Å². The summed E-state index contributed by atoms with van der Waals surface area (Å²) in [5, 5.41) is 11.1. The van der Waals surface area contributed by atoms with Crippen LogP contribution in [0.1, 0.15) is 5.56 Å². The smallest absolute Gasteiger partial charge is 0.310 e. The molecule has 3 rings (SSSR count). The van der Waals surface area contributed by atoms with Crippen molar-refractivity contribution >= 4 is 27.3 Å². The number of benzene rings is 3. The maximum Gasteiger partial charge on any atom is 0.310 e. The number of aryl methyl sites for hydroxylation is 1. The Morgan fingerprint density at radius 3 is 2.20 bits per heavy atom. The Labute approximate surface area is 173 Å². The van der Waals surface area contributed by atoms with E-state index in [-0.39, 0.29) is 22.0 Å². The number of amides is 1. The fourth-order valence-corrected chi connectivity index (χ4v) is 4.15. The van der Waals surface area contributed by atoms with Crippen LogP contribution in [0.3, 0.4) is 0 Å². The molecule has 0 heterocycles. The lowest BCUT2D eigenvalue weighted by molar-refractivity contribution is -0.385. The first-order valence-corrected chi connectivity index (χ1v) is 10.3. The highest BCUT2D eigenvalue weighted by Gasteiger charge is 2.31. The van der Waals surface area contributed by atoms with E-state index in [0.717, 1.165) is 5.56 Å². The lowest BCUT2D eigenvalue weighted by Gasteiger charge is -2.23. The first kappa shape index (κ1) is 21.0. The number of hydrogen-bond donors (Lipinski definition) is 0.